The monoisotopic (exact) mass is 374 g/mol. The maximum Gasteiger partial charge on any atom is 0.200 e. The van der Waals surface area contributed by atoms with E-state index in [9.17, 15) is 13.2 Å². The predicted octanol–water partition coefficient (Wildman–Crippen LogP) is 4.82. The normalized spacial score (nSPS) is 11.8. The molecule has 0 aliphatic rings. The largest absolute Gasteiger partial charge is 0.289 e. The average Bonchev–Trinajstić information content (AvgIpc) is 2.48. The molecule has 7 heteroatoms. The first-order valence-electron chi connectivity index (χ1n) is 5.98. The molecule has 0 aliphatic carbocycles. The van der Waals surface area contributed by atoms with Gasteiger partial charge in [-0.25, -0.2) is 8.42 Å². The van der Waals surface area contributed by atoms with E-state index in [2.05, 4.69) is 0 Å². The predicted molar refractivity (Wildman–Crippen MR) is 88.6 cm³/mol. The molecule has 0 radical (unpaired) electrons. The minimum atomic E-state index is -3.78. The van der Waals surface area contributed by atoms with Crippen LogP contribution in [0.15, 0.2) is 58.8 Å². The first kappa shape index (κ1) is 17.0. The van der Waals surface area contributed by atoms with Gasteiger partial charge < -0.3 is 0 Å². The summed E-state index contributed by atoms with van der Waals surface area (Å²) in [6, 6.07) is 10.1. The molecule has 0 unspecified atom stereocenters. The first-order chi connectivity index (χ1) is 10.3. The van der Waals surface area contributed by atoms with Crippen molar-refractivity contribution >= 4 is 50.4 Å². The van der Waals surface area contributed by atoms with Gasteiger partial charge in [-0.3, -0.25) is 4.79 Å². The van der Waals surface area contributed by atoms with E-state index in [-0.39, 0.29) is 14.9 Å². The van der Waals surface area contributed by atoms with Crippen LogP contribution in [-0.2, 0) is 9.84 Å². The molecule has 0 aliphatic heterocycles. The second-order valence-electron chi connectivity index (χ2n) is 4.29. The number of ketones is 1. The molecule has 3 nitrogen and oxygen atoms in total. The van der Waals surface area contributed by atoms with Crippen molar-refractivity contribution in [3.05, 3.63) is 74.6 Å². The third-order valence-electron chi connectivity index (χ3n) is 2.75. The summed E-state index contributed by atoms with van der Waals surface area (Å²) < 4.78 is 24.2. The van der Waals surface area contributed by atoms with Gasteiger partial charge in [-0.2, -0.15) is 0 Å². The minimum absolute atomic E-state index is 0.0398. The van der Waals surface area contributed by atoms with Crippen LogP contribution in [0, 0.1) is 0 Å². The lowest BCUT2D eigenvalue weighted by molar-refractivity contribution is 0.104. The molecule has 2 aromatic rings. The summed E-state index contributed by atoms with van der Waals surface area (Å²) in [5, 5.41) is 1.70. The van der Waals surface area contributed by atoms with Gasteiger partial charge in [0.2, 0.25) is 0 Å². The Bertz CT molecular complexity index is 841. The van der Waals surface area contributed by atoms with E-state index >= 15 is 0 Å². The van der Waals surface area contributed by atoms with Gasteiger partial charge in [-0.1, -0.05) is 34.8 Å². The summed E-state index contributed by atoms with van der Waals surface area (Å²) in [5.41, 5.74) is 0.338. The van der Waals surface area contributed by atoms with Crippen LogP contribution in [0.2, 0.25) is 15.1 Å². The zero-order valence-corrected chi connectivity index (χ0v) is 14.0. The highest BCUT2D eigenvalue weighted by Crippen LogP contribution is 2.25. The number of carbonyl (C=O) groups is 1. The van der Waals surface area contributed by atoms with Crippen molar-refractivity contribution < 1.29 is 13.2 Å². The molecule has 0 amide bonds. The van der Waals surface area contributed by atoms with Crippen molar-refractivity contribution in [2.45, 2.75) is 4.90 Å². The van der Waals surface area contributed by atoms with Gasteiger partial charge >= 0.3 is 0 Å². The molecule has 22 heavy (non-hydrogen) atoms. The van der Waals surface area contributed by atoms with Crippen LogP contribution < -0.4 is 0 Å². The molecule has 2 aromatic carbocycles. The molecular formula is C15H9Cl3O3S. The van der Waals surface area contributed by atoms with Gasteiger partial charge in [0, 0.05) is 16.0 Å². The topological polar surface area (TPSA) is 51.2 Å². The van der Waals surface area contributed by atoms with E-state index in [4.69, 9.17) is 34.8 Å². The van der Waals surface area contributed by atoms with E-state index in [0.29, 0.717) is 10.6 Å². The lowest BCUT2D eigenvalue weighted by Gasteiger charge is -2.01. The molecule has 0 saturated carbocycles. The number of sulfone groups is 1. The Balaban J connectivity index is 2.25. The van der Waals surface area contributed by atoms with Crippen molar-refractivity contribution in [1.29, 1.82) is 0 Å². The second-order valence-corrected chi connectivity index (χ2v) is 7.38. The lowest BCUT2D eigenvalue weighted by Crippen LogP contribution is -1.99. The van der Waals surface area contributed by atoms with Crippen LogP contribution in [-0.4, -0.2) is 14.2 Å². The quantitative estimate of drug-likeness (QED) is 0.569. The number of carbonyl (C=O) groups excluding carboxylic acids is 1. The van der Waals surface area contributed by atoms with Crippen LogP contribution in [0.3, 0.4) is 0 Å². The summed E-state index contributed by atoms with van der Waals surface area (Å²) in [4.78, 5) is 11.9. The van der Waals surface area contributed by atoms with Crippen LogP contribution in [0.5, 0.6) is 0 Å². The van der Waals surface area contributed by atoms with Crippen molar-refractivity contribution in [2.24, 2.45) is 0 Å². The van der Waals surface area contributed by atoms with Gasteiger partial charge in [-0.05, 0) is 48.5 Å². The molecule has 114 valence electrons. The molecule has 0 spiro atoms. The van der Waals surface area contributed by atoms with Gasteiger partial charge in [0.1, 0.15) is 0 Å². The molecule has 2 rings (SSSR count). The maximum absolute atomic E-state index is 12.1. The molecule has 0 atom stereocenters. The van der Waals surface area contributed by atoms with E-state index in [1.54, 1.807) is 12.1 Å². The fourth-order valence-corrected chi connectivity index (χ4v) is 3.08. The highest BCUT2D eigenvalue weighted by atomic mass is 35.5. The van der Waals surface area contributed by atoms with Crippen molar-refractivity contribution in [3.8, 4) is 0 Å². The Kier molecular flexibility index (Phi) is 5.29. The van der Waals surface area contributed by atoms with Crippen molar-refractivity contribution in [2.75, 3.05) is 0 Å². The summed E-state index contributed by atoms with van der Waals surface area (Å²) in [7, 11) is -3.78. The van der Waals surface area contributed by atoms with Crippen LogP contribution in [0.1, 0.15) is 10.4 Å². The SMILES string of the molecule is O=C(/C=C/S(=O)(=O)c1ccc(Cl)c(Cl)c1)c1ccc(Cl)cc1. The third-order valence-corrected chi connectivity index (χ3v) is 5.14. The fraction of sp³-hybridized carbons (Fsp3) is 0. The standard InChI is InChI=1S/C15H9Cl3O3S/c16-11-3-1-10(2-4-11)15(19)7-8-22(20,21)12-5-6-13(17)14(18)9-12/h1-9H/b8-7+. The summed E-state index contributed by atoms with van der Waals surface area (Å²) in [5.74, 6) is -0.444. The molecular weight excluding hydrogens is 367 g/mol. The molecule has 0 N–H and O–H groups in total. The number of halogens is 3. The van der Waals surface area contributed by atoms with Crippen molar-refractivity contribution in [3.63, 3.8) is 0 Å². The van der Waals surface area contributed by atoms with Gasteiger partial charge in [0.25, 0.3) is 0 Å². The summed E-state index contributed by atoms with van der Waals surface area (Å²) in [6.45, 7) is 0. The smallest absolute Gasteiger partial charge is 0.200 e. The van der Waals surface area contributed by atoms with Crippen LogP contribution in [0.25, 0.3) is 0 Å². The lowest BCUT2D eigenvalue weighted by atomic mass is 10.1. The Morgan fingerprint density at radius 1 is 0.909 bits per heavy atom. The molecule has 0 aromatic heterocycles. The highest BCUT2D eigenvalue weighted by Gasteiger charge is 2.13. The molecule has 0 saturated heterocycles. The highest BCUT2D eigenvalue weighted by molar-refractivity contribution is 7.94. The van der Waals surface area contributed by atoms with Crippen LogP contribution >= 0.6 is 34.8 Å². The number of allylic oxidation sites excluding steroid dienone is 1. The van der Waals surface area contributed by atoms with Crippen molar-refractivity contribution in [1.82, 2.24) is 0 Å². The Morgan fingerprint density at radius 3 is 2.14 bits per heavy atom. The summed E-state index contributed by atoms with van der Waals surface area (Å²) >= 11 is 17.3. The van der Waals surface area contributed by atoms with Crippen LogP contribution in [0.4, 0.5) is 0 Å². The van der Waals surface area contributed by atoms with E-state index in [1.165, 1.54) is 30.3 Å². The number of benzene rings is 2. The Labute approximate surface area is 143 Å². The fourth-order valence-electron chi connectivity index (χ4n) is 1.59. The third kappa shape index (κ3) is 4.11. The number of hydrogen-bond acceptors (Lipinski definition) is 3. The molecule has 0 fully saturated rings. The van der Waals surface area contributed by atoms with Gasteiger partial charge in [-0.15, -0.1) is 0 Å². The van der Waals surface area contributed by atoms with E-state index < -0.39 is 15.6 Å². The Morgan fingerprint density at radius 2 is 1.55 bits per heavy atom. The van der Waals surface area contributed by atoms with E-state index in [0.717, 1.165) is 11.5 Å². The van der Waals surface area contributed by atoms with Gasteiger partial charge in [0.15, 0.2) is 15.6 Å². The van der Waals surface area contributed by atoms with E-state index in [1.807, 2.05) is 0 Å². The zero-order valence-electron chi connectivity index (χ0n) is 11.0. The minimum Gasteiger partial charge on any atom is -0.289 e. The molecule has 0 heterocycles. The van der Waals surface area contributed by atoms with Gasteiger partial charge in [0.05, 0.1) is 14.9 Å². The number of hydrogen-bond donors (Lipinski definition) is 0. The maximum atomic E-state index is 12.1. The zero-order chi connectivity index (χ0) is 16.3. The number of rotatable bonds is 4. The second kappa shape index (κ2) is 6.84. The average molecular weight is 376 g/mol. The summed E-state index contributed by atoms with van der Waals surface area (Å²) in [6.07, 6.45) is 0.987. The first-order valence-corrected chi connectivity index (χ1v) is 8.66. The Hall–Kier alpha value is -1.33. The molecule has 0 bridgehead atoms.